The number of rotatable bonds is 3. The maximum Gasteiger partial charge on any atom is 0.490 e. The van der Waals surface area contributed by atoms with E-state index in [1.54, 1.807) is 12.4 Å². The van der Waals surface area contributed by atoms with Crippen LogP contribution in [0.3, 0.4) is 0 Å². The summed E-state index contributed by atoms with van der Waals surface area (Å²) in [6.45, 7) is 2.90. The standard InChI is InChI=1S/C17H18FN5.C2HF3O2/c18-14-3-1-13(2-4-14)11-22-9-5-15(6-10-22)23-12-21-16-17(23)20-8-7-19-16;3-2(4,5)1(6)7/h1-4,7-8,12,15H,5-6,9-11H2;(H,6,7). The second kappa shape index (κ2) is 9.16. The summed E-state index contributed by atoms with van der Waals surface area (Å²) >= 11 is 0. The molecule has 1 aliphatic heterocycles. The second-order valence-corrected chi connectivity index (χ2v) is 6.79. The van der Waals surface area contributed by atoms with Crippen LogP contribution in [0, 0.1) is 5.82 Å². The Balaban J connectivity index is 0.000000318. The third kappa shape index (κ3) is 5.50. The number of carboxylic acid groups (broad SMARTS) is 1. The first-order valence-corrected chi connectivity index (χ1v) is 9.14. The number of carboxylic acids is 1. The lowest BCUT2D eigenvalue weighted by Gasteiger charge is -2.32. The Morgan fingerprint density at radius 3 is 2.27 bits per heavy atom. The monoisotopic (exact) mass is 425 g/mol. The predicted molar refractivity (Wildman–Crippen MR) is 99.0 cm³/mol. The molecule has 2 aromatic heterocycles. The van der Waals surface area contributed by atoms with Crippen LogP contribution in [0.4, 0.5) is 17.6 Å². The molecule has 0 spiro atoms. The van der Waals surface area contributed by atoms with Crippen LogP contribution in [0.15, 0.2) is 43.0 Å². The van der Waals surface area contributed by atoms with Crippen LogP contribution < -0.4 is 0 Å². The quantitative estimate of drug-likeness (QED) is 0.648. The van der Waals surface area contributed by atoms with Gasteiger partial charge >= 0.3 is 12.1 Å². The average molecular weight is 425 g/mol. The number of imidazole rings is 1. The summed E-state index contributed by atoms with van der Waals surface area (Å²) < 4.78 is 46.9. The third-order valence-corrected chi connectivity index (χ3v) is 4.72. The molecular weight excluding hydrogens is 406 g/mol. The topological polar surface area (TPSA) is 84.1 Å². The molecule has 0 radical (unpaired) electrons. The zero-order valence-corrected chi connectivity index (χ0v) is 15.8. The number of aliphatic carboxylic acids is 1. The lowest BCUT2D eigenvalue weighted by Crippen LogP contribution is -2.34. The van der Waals surface area contributed by atoms with Crippen LogP contribution in [-0.4, -0.2) is 54.8 Å². The number of hydrogen-bond acceptors (Lipinski definition) is 5. The number of piperidine rings is 1. The first-order chi connectivity index (χ1) is 14.2. The molecule has 30 heavy (non-hydrogen) atoms. The molecule has 7 nitrogen and oxygen atoms in total. The molecule has 0 bridgehead atoms. The van der Waals surface area contributed by atoms with Crippen molar-refractivity contribution in [1.29, 1.82) is 0 Å². The van der Waals surface area contributed by atoms with Gasteiger partial charge in [0.1, 0.15) is 5.82 Å². The minimum absolute atomic E-state index is 0.180. The zero-order chi connectivity index (χ0) is 21.7. The van der Waals surface area contributed by atoms with E-state index >= 15 is 0 Å². The highest BCUT2D eigenvalue weighted by atomic mass is 19.4. The molecule has 1 fully saturated rings. The Morgan fingerprint density at radius 2 is 1.67 bits per heavy atom. The van der Waals surface area contributed by atoms with Gasteiger partial charge in [0, 0.05) is 38.1 Å². The van der Waals surface area contributed by atoms with E-state index in [4.69, 9.17) is 9.90 Å². The van der Waals surface area contributed by atoms with E-state index < -0.39 is 12.1 Å². The van der Waals surface area contributed by atoms with Gasteiger partial charge in [0.2, 0.25) is 0 Å². The number of hydrogen-bond donors (Lipinski definition) is 1. The molecule has 0 saturated carbocycles. The van der Waals surface area contributed by atoms with Gasteiger partial charge in [0.05, 0.1) is 6.33 Å². The molecule has 11 heteroatoms. The highest BCUT2D eigenvalue weighted by molar-refractivity contribution is 5.73. The Morgan fingerprint density at radius 1 is 1.07 bits per heavy atom. The maximum absolute atomic E-state index is 13.0. The summed E-state index contributed by atoms with van der Waals surface area (Å²) in [4.78, 5) is 24.3. The first-order valence-electron chi connectivity index (χ1n) is 9.14. The lowest BCUT2D eigenvalue weighted by molar-refractivity contribution is -0.192. The Bertz CT molecular complexity index is 983. The molecule has 0 amide bonds. The minimum atomic E-state index is -5.08. The second-order valence-electron chi connectivity index (χ2n) is 6.79. The van der Waals surface area contributed by atoms with Crippen molar-refractivity contribution in [3.8, 4) is 0 Å². The summed E-state index contributed by atoms with van der Waals surface area (Å²) in [7, 11) is 0. The molecule has 160 valence electrons. The van der Waals surface area contributed by atoms with Crippen LogP contribution >= 0.6 is 0 Å². The SMILES string of the molecule is Fc1ccc(CN2CCC(n3cnc4nccnc43)CC2)cc1.O=C(O)C(F)(F)F. The van der Waals surface area contributed by atoms with Crippen molar-refractivity contribution in [2.24, 2.45) is 0 Å². The van der Waals surface area contributed by atoms with Gasteiger partial charge in [-0.05, 0) is 30.5 Å². The van der Waals surface area contributed by atoms with Gasteiger partial charge in [-0.1, -0.05) is 12.1 Å². The normalized spacial score (nSPS) is 15.6. The largest absolute Gasteiger partial charge is 0.490 e. The first kappa shape index (κ1) is 21.6. The number of aromatic nitrogens is 4. The lowest BCUT2D eigenvalue weighted by atomic mass is 10.0. The molecule has 3 aromatic rings. The van der Waals surface area contributed by atoms with Crippen LogP contribution in [0.5, 0.6) is 0 Å². The van der Waals surface area contributed by atoms with Gasteiger partial charge < -0.3 is 9.67 Å². The Labute approximate surface area is 169 Å². The van der Waals surface area contributed by atoms with Crippen molar-refractivity contribution in [3.05, 3.63) is 54.4 Å². The number of benzene rings is 1. The molecule has 1 saturated heterocycles. The van der Waals surface area contributed by atoms with Crippen LogP contribution in [-0.2, 0) is 11.3 Å². The molecule has 3 heterocycles. The van der Waals surface area contributed by atoms with Crippen molar-refractivity contribution in [2.75, 3.05) is 13.1 Å². The Kier molecular flexibility index (Phi) is 6.60. The summed E-state index contributed by atoms with van der Waals surface area (Å²) in [6.07, 6.45) is 2.27. The van der Waals surface area contributed by atoms with Gasteiger partial charge in [0.15, 0.2) is 11.3 Å². The molecule has 1 N–H and O–H groups in total. The summed E-state index contributed by atoms with van der Waals surface area (Å²) in [5.41, 5.74) is 2.73. The summed E-state index contributed by atoms with van der Waals surface area (Å²) in [5, 5.41) is 7.12. The van der Waals surface area contributed by atoms with E-state index in [1.807, 2.05) is 18.5 Å². The van der Waals surface area contributed by atoms with Crippen molar-refractivity contribution >= 4 is 17.3 Å². The van der Waals surface area contributed by atoms with Gasteiger partial charge in [-0.2, -0.15) is 13.2 Å². The van der Waals surface area contributed by atoms with Gasteiger partial charge in [-0.25, -0.2) is 24.1 Å². The summed E-state index contributed by atoms with van der Waals surface area (Å²) in [5.74, 6) is -2.94. The van der Waals surface area contributed by atoms with Crippen molar-refractivity contribution < 1.29 is 27.5 Å². The van der Waals surface area contributed by atoms with Crippen LogP contribution in [0.25, 0.3) is 11.3 Å². The highest BCUT2D eigenvalue weighted by Gasteiger charge is 2.38. The van der Waals surface area contributed by atoms with Crippen molar-refractivity contribution in [1.82, 2.24) is 24.4 Å². The molecule has 1 aromatic carbocycles. The maximum atomic E-state index is 13.0. The number of fused-ring (bicyclic) bond motifs is 1. The number of likely N-dealkylation sites (tertiary alicyclic amines) is 1. The van der Waals surface area contributed by atoms with Gasteiger partial charge in [-0.15, -0.1) is 0 Å². The fourth-order valence-electron chi connectivity index (χ4n) is 3.24. The number of carbonyl (C=O) groups is 1. The highest BCUT2D eigenvalue weighted by Crippen LogP contribution is 2.26. The fourth-order valence-corrected chi connectivity index (χ4v) is 3.24. The van der Waals surface area contributed by atoms with E-state index in [1.165, 1.54) is 12.1 Å². The predicted octanol–water partition coefficient (Wildman–Crippen LogP) is 3.44. The Hall–Kier alpha value is -3.08. The molecule has 4 rings (SSSR count). The van der Waals surface area contributed by atoms with E-state index in [9.17, 15) is 17.6 Å². The number of alkyl halides is 3. The molecule has 1 aliphatic rings. The zero-order valence-electron chi connectivity index (χ0n) is 15.8. The van der Waals surface area contributed by atoms with E-state index in [2.05, 4.69) is 24.4 Å². The number of halogens is 4. The molecule has 0 aliphatic carbocycles. The molecular formula is C19H19F4N5O2. The minimum Gasteiger partial charge on any atom is -0.475 e. The number of nitrogens with zero attached hydrogens (tertiary/aromatic N) is 5. The third-order valence-electron chi connectivity index (χ3n) is 4.72. The average Bonchev–Trinajstić information content (AvgIpc) is 3.14. The fraction of sp³-hybridized carbons (Fsp3) is 0.368. The summed E-state index contributed by atoms with van der Waals surface area (Å²) in [6, 6.07) is 7.19. The van der Waals surface area contributed by atoms with Crippen LogP contribution in [0.1, 0.15) is 24.4 Å². The van der Waals surface area contributed by atoms with Crippen molar-refractivity contribution in [3.63, 3.8) is 0 Å². The smallest absolute Gasteiger partial charge is 0.475 e. The van der Waals surface area contributed by atoms with Crippen LogP contribution in [0.2, 0.25) is 0 Å². The molecule has 0 atom stereocenters. The van der Waals surface area contributed by atoms with Gasteiger partial charge in [0.25, 0.3) is 0 Å². The molecule has 0 unspecified atom stereocenters. The van der Waals surface area contributed by atoms with E-state index in [0.717, 1.165) is 43.7 Å². The van der Waals surface area contributed by atoms with Gasteiger partial charge in [-0.3, -0.25) is 4.90 Å². The van der Waals surface area contributed by atoms with Crippen molar-refractivity contribution in [2.45, 2.75) is 31.6 Å². The van der Waals surface area contributed by atoms with E-state index in [-0.39, 0.29) is 5.82 Å². The van der Waals surface area contributed by atoms with E-state index in [0.29, 0.717) is 11.7 Å².